The lowest BCUT2D eigenvalue weighted by Crippen LogP contribution is -2.30. The van der Waals surface area contributed by atoms with E-state index in [1.165, 1.54) is 0 Å². The third-order valence-electron chi connectivity index (χ3n) is 2.63. The smallest absolute Gasteiger partial charge is 0.146 e. The molecule has 1 unspecified atom stereocenters. The summed E-state index contributed by atoms with van der Waals surface area (Å²) in [5, 5.41) is 17.7. The first kappa shape index (κ1) is 12.0. The van der Waals surface area contributed by atoms with Crippen LogP contribution in [0.4, 0.5) is 5.82 Å². The molecule has 4 heteroatoms. The summed E-state index contributed by atoms with van der Waals surface area (Å²) in [4.78, 5) is 6.08. The molecule has 0 spiro atoms. The predicted octanol–water partition coefficient (Wildman–Crippen LogP) is 2.00. The molecule has 1 aromatic heterocycles. The average molecular weight is 214 g/mol. The van der Waals surface area contributed by atoms with Crippen molar-refractivity contribution in [3.05, 3.63) is 23.4 Å². The minimum absolute atomic E-state index is 0.0476. The Bertz CT molecular complexity index is 453. The fraction of sp³-hybridized carbons (Fsp3) is 0.417. The van der Waals surface area contributed by atoms with E-state index < -0.39 is 0 Å². The molecule has 0 fully saturated rings. The van der Waals surface area contributed by atoms with Gasteiger partial charge in [0.15, 0.2) is 0 Å². The Labute approximate surface area is 95.8 Å². The molecular weight excluding hydrogens is 200 g/mol. The Balaban J connectivity index is 3.10. The Morgan fingerprint density at radius 1 is 1.50 bits per heavy atom. The van der Waals surface area contributed by atoms with E-state index in [4.69, 9.17) is 10.5 Å². The van der Waals surface area contributed by atoms with Crippen LogP contribution in [0.3, 0.4) is 0 Å². The first-order valence-corrected chi connectivity index (χ1v) is 5.07. The molecule has 0 radical (unpaired) electrons. The van der Waals surface area contributed by atoms with E-state index in [-0.39, 0.29) is 6.04 Å². The average Bonchev–Trinajstić information content (AvgIpc) is 2.28. The maximum absolute atomic E-state index is 9.08. The highest BCUT2D eigenvalue weighted by Gasteiger charge is 2.15. The summed E-state index contributed by atoms with van der Waals surface area (Å²) in [5.74, 6) is 0.644. The Morgan fingerprint density at radius 2 is 2.19 bits per heavy atom. The molecule has 1 heterocycles. The van der Waals surface area contributed by atoms with Gasteiger partial charge in [-0.1, -0.05) is 0 Å². The summed E-state index contributed by atoms with van der Waals surface area (Å²) in [5.41, 5.74) is 1.48. The maximum Gasteiger partial charge on any atom is 0.146 e. The zero-order chi connectivity index (χ0) is 12.1. The SMILES string of the molecule is Cc1ccnc(N(C)C(C)CC#N)c1C#N. The lowest BCUT2D eigenvalue weighted by molar-refractivity contribution is 0.693. The van der Waals surface area contributed by atoms with Crippen LogP contribution in [0.2, 0.25) is 0 Å². The lowest BCUT2D eigenvalue weighted by Gasteiger charge is -2.25. The van der Waals surface area contributed by atoms with Crippen molar-refractivity contribution in [1.82, 2.24) is 4.98 Å². The standard InChI is InChI=1S/C12H14N4/c1-9-5-7-15-12(11(9)8-14)16(3)10(2)4-6-13/h5,7,10H,4H2,1-3H3. The highest BCUT2D eigenvalue weighted by Crippen LogP contribution is 2.21. The topological polar surface area (TPSA) is 63.7 Å². The van der Waals surface area contributed by atoms with Crippen LogP contribution in [0.1, 0.15) is 24.5 Å². The van der Waals surface area contributed by atoms with Crippen molar-refractivity contribution in [1.29, 1.82) is 10.5 Å². The quantitative estimate of drug-likeness (QED) is 0.772. The summed E-state index contributed by atoms with van der Waals surface area (Å²) in [6, 6.07) is 6.13. The van der Waals surface area contributed by atoms with Crippen molar-refractivity contribution in [3.63, 3.8) is 0 Å². The van der Waals surface area contributed by atoms with Crippen molar-refractivity contribution in [2.45, 2.75) is 26.3 Å². The van der Waals surface area contributed by atoms with Crippen molar-refractivity contribution >= 4 is 5.82 Å². The third kappa shape index (κ3) is 2.29. The van der Waals surface area contributed by atoms with Gasteiger partial charge in [0.2, 0.25) is 0 Å². The molecule has 1 aromatic rings. The van der Waals surface area contributed by atoms with Gasteiger partial charge in [0.05, 0.1) is 18.1 Å². The van der Waals surface area contributed by atoms with E-state index in [1.54, 1.807) is 6.20 Å². The van der Waals surface area contributed by atoms with Crippen LogP contribution in [-0.2, 0) is 0 Å². The number of nitrogens with zero attached hydrogens (tertiary/aromatic N) is 4. The van der Waals surface area contributed by atoms with Crippen LogP contribution in [0.5, 0.6) is 0 Å². The number of hydrogen-bond donors (Lipinski definition) is 0. The molecule has 82 valence electrons. The second-order valence-electron chi connectivity index (χ2n) is 3.76. The van der Waals surface area contributed by atoms with E-state index in [0.29, 0.717) is 17.8 Å². The molecule has 0 N–H and O–H groups in total. The summed E-state index contributed by atoms with van der Waals surface area (Å²) in [7, 11) is 1.85. The van der Waals surface area contributed by atoms with Gasteiger partial charge in [0.25, 0.3) is 0 Å². The van der Waals surface area contributed by atoms with Crippen molar-refractivity contribution in [2.24, 2.45) is 0 Å². The first-order valence-electron chi connectivity index (χ1n) is 5.07. The number of aryl methyl sites for hydroxylation is 1. The van der Waals surface area contributed by atoms with Crippen LogP contribution in [0, 0.1) is 29.6 Å². The summed E-state index contributed by atoms with van der Waals surface area (Å²) < 4.78 is 0. The maximum atomic E-state index is 9.08. The van der Waals surface area contributed by atoms with Crippen molar-refractivity contribution in [3.8, 4) is 12.1 Å². The second-order valence-corrected chi connectivity index (χ2v) is 3.76. The Kier molecular flexibility index (Phi) is 3.85. The number of rotatable bonds is 3. The van der Waals surface area contributed by atoms with Crippen LogP contribution < -0.4 is 4.90 Å². The molecule has 16 heavy (non-hydrogen) atoms. The monoisotopic (exact) mass is 214 g/mol. The molecule has 0 saturated carbocycles. The van der Waals surface area contributed by atoms with E-state index >= 15 is 0 Å². The number of aromatic nitrogens is 1. The molecule has 4 nitrogen and oxygen atoms in total. The van der Waals surface area contributed by atoms with Gasteiger partial charge in [-0.25, -0.2) is 4.98 Å². The fourth-order valence-corrected chi connectivity index (χ4v) is 1.43. The van der Waals surface area contributed by atoms with Gasteiger partial charge in [0.1, 0.15) is 11.9 Å². The van der Waals surface area contributed by atoms with Crippen molar-refractivity contribution in [2.75, 3.05) is 11.9 Å². The molecule has 0 amide bonds. The highest BCUT2D eigenvalue weighted by molar-refractivity contribution is 5.57. The first-order chi connectivity index (χ1) is 7.61. The molecular formula is C12H14N4. The predicted molar refractivity (Wildman–Crippen MR) is 61.8 cm³/mol. The van der Waals surface area contributed by atoms with Crippen LogP contribution in [0.25, 0.3) is 0 Å². The van der Waals surface area contributed by atoms with Crippen LogP contribution in [0.15, 0.2) is 12.3 Å². The molecule has 0 aromatic carbocycles. The van der Waals surface area contributed by atoms with E-state index in [9.17, 15) is 0 Å². The summed E-state index contributed by atoms with van der Waals surface area (Å²) in [6.45, 7) is 3.82. The van der Waals surface area contributed by atoms with Crippen molar-refractivity contribution < 1.29 is 0 Å². The second kappa shape index (κ2) is 5.14. The molecule has 1 atom stereocenters. The Hall–Kier alpha value is -2.07. The highest BCUT2D eigenvalue weighted by atomic mass is 15.2. The fourth-order valence-electron chi connectivity index (χ4n) is 1.43. The van der Waals surface area contributed by atoms with Crippen LogP contribution in [-0.4, -0.2) is 18.1 Å². The minimum atomic E-state index is 0.0476. The number of hydrogen-bond acceptors (Lipinski definition) is 4. The van der Waals surface area contributed by atoms with Gasteiger partial charge in [0, 0.05) is 19.3 Å². The van der Waals surface area contributed by atoms with E-state index in [2.05, 4.69) is 17.1 Å². The molecule has 1 rings (SSSR count). The number of anilines is 1. The Morgan fingerprint density at radius 3 is 2.75 bits per heavy atom. The van der Waals surface area contributed by atoms with Crippen LogP contribution >= 0.6 is 0 Å². The molecule has 0 saturated heterocycles. The third-order valence-corrected chi connectivity index (χ3v) is 2.63. The summed E-state index contributed by atoms with van der Waals surface area (Å²) >= 11 is 0. The van der Waals surface area contributed by atoms with Gasteiger partial charge in [-0.05, 0) is 25.5 Å². The van der Waals surface area contributed by atoms with Gasteiger partial charge in [-0.2, -0.15) is 10.5 Å². The van der Waals surface area contributed by atoms with E-state index in [0.717, 1.165) is 5.56 Å². The zero-order valence-electron chi connectivity index (χ0n) is 9.73. The lowest BCUT2D eigenvalue weighted by atomic mass is 10.1. The van der Waals surface area contributed by atoms with Gasteiger partial charge in [-0.3, -0.25) is 0 Å². The number of nitriles is 2. The molecule has 0 aliphatic rings. The molecule has 0 aliphatic carbocycles. The minimum Gasteiger partial charge on any atom is -0.355 e. The zero-order valence-corrected chi connectivity index (χ0v) is 9.73. The normalized spacial score (nSPS) is 11.3. The summed E-state index contributed by atoms with van der Waals surface area (Å²) in [6.07, 6.45) is 2.10. The van der Waals surface area contributed by atoms with E-state index in [1.807, 2.05) is 31.9 Å². The molecule has 0 bridgehead atoms. The van der Waals surface area contributed by atoms with Gasteiger partial charge < -0.3 is 4.90 Å². The van der Waals surface area contributed by atoms with Gasteiger partial charge >= 0.3 is 0 Å². The number of pyridine rings is 1. The largest absolute Gasteiger partial charge is 0.355 e. The van der Waals surface area contributed by atoms with Gasteiger partial charge in [-0.15, -0.1) is 0 Å². The molecule has 0 aliphatic heterocycles.